The molecule has 1 saturated carbocycles. The number of likely N-dealkylation sites (N-methyl/N-ethyl adjacent to an activating group) is 1. The van der Waals surface area contributed by atoms with Crippen molar-refractivity contribution in [1.82, 2.24) is 4.90 Å². The number of aliphatic hydroxyl groups excluding tert-OH is 3. The highest BCUT2D eigenvalue weighted by molar-refractivity contribution is 6.32. The number of carbonyl (C=O) groups is 3. The Bertz CT molecular complexity index is 1200. The number of fused-ring (bicyclic) bond motifs is 3. The van der Waals surface area contributed by atoms with Gasteiger partial charge in [0.15, 0.2) is 22.9 Å². The van der Waals surface area contributed by atoms with Crippen LogP contribution >= 0.6 is 11.6 Å². The van der Waals surface area contributed by atoms with Gasteiger partial charge < -0.3 is 36.4 Å². The van der Waals surface area contributed by atoms with Crippen LogP contribution in [-0.2, 0) is 14.4 Å². The number of hydrogen-bond acceptors (Lipinski definition) is 10. The van der Waals surface area contributed by atoms with Crippen molar-refractivity contribution in [3.05, 3.63) is 39.1 Å². The number of carbonyl (C=O) groups excluding carboxylic acids is 3. The first-order valence-electron chi connectivity index (χ1n) is 9.83. The molecule has 176 valence electrons. The molecule has 11 nitrogen and oxygen atoms in total. The number of benzene rings is 1. The lowest BCUT2D eigenvalue weighted by Crippen LogP contribution is -2.66. The van der Waals surface area contributed by atoms with Gasteiger partial charge >= 0.3 is 0 Å². The van der Waals surface area contributed by atoms with Crippen LogP contribution < -0.4 is 5.73 Å². The monoisotopic (exact) mass is 480 g/mol. The van der Waals surface area contributed by atoms with Crippen LogP contribution in [0.5, 0.6) is 11.5 Å². The van der Waals surface area contributed by atoms with E-state index in [0.717, 1.165) is 6.07 Å². The Morgan fingerprint density at radius 2 is 1.82 bits per heavy atom. The van der Waals surface area contributed by atoms with E-state index in [0.29, 0.717) is 0 Å². The molecule has 0 saturated heterocycles. The van der Waals surface area contributed by atoms with Crippen molar-refractivity contribution < 1.29 is 45.0 Å². The Morgan fingerprint density at radius 1 is 1.21 bits per heavy atom. The number of hydrogen-bond donors (Lipinski definition) is 7. The fourth-order valence-corrected chi connectivity index (χ4v) is 5.60. The van der Waals surface area contributed by atoms with Gasteiger partial charge in [0.2, 0.25) is 5.78 Å². The number of nitrogens with zero attached hydrogens (tertiary/aromatic N) is 1. The van der Waals surface area contributed by atoms with Crippen LogP contribution in [0.25, 0.3) is 5.76 Å². The summed E-state index contributed by atoms with van der Waals surface area (Å²) in [5, 5.41) is 64.1. The van der Waals surface area contributed by atoms with Crippen LogP contribution in [0.3, 0.4) is 0 Å². The van der Waals surface area contributed by atoms with E-state index < -0.39 is 86.8 Å². The summed E-state index contributed by atoms with van der Waals surface area (Å²) >= 11 is 6.13. The molecule has 5 unspecified atom stereocenters. The molecule has 1 amide bonds. The number of ketones is 2. The van der Waals surface area contributed by atoms with Crippen molar-refractivity contribution in [1.29, 1.82) is 0 Å². The van der Waals surface area contributed by atoms with Gasteiger partial charge in [0.25, 0.3) is 5.91 Å². The van der Waals surface area contributed by atoms with E-state index in [-0.39, 0.29) is 17.0 Å². The Labute approximate surface area is 191 Å². The molecule has 12 heteroatoms. The van der Waals surface area contributed by atoms with Gasteiger partial charge in [0, 0.05) is 29.0 Å². The lowest BCUT2D eigenvalue weighted by atomic mass is 9.57. The van der Waals surface area contributed by atoms with Gasteiger partial charge in [-0.3, -0.25) is 19.3 Å². The third-order valence-corrected chi connectivity index (χ3v) is 7.05. The van der Waals surface area contributed by atoms with Crippen molar-refractivity contribution in [2.75, 3.05) is 14.1 Å². The number of nitrogens with two attached hydrogens (primary N) is 1. The molecular formula is C21H21ClN2O9. The second-order valence-electron chi connectivity index (χ2n) is 8.63. The minimum absolute atomic E-state index is 0.155. The summed E-state index contributed by atoms with van der Waals surface area (Å²) in [5.41, 5.74) is 0.234. The predicted molar refractivity (Wildman–Crippen MR) is 112 cm³/mol. The highest BCUT2D eigenvalue weighted by atomic mass is 35.5. The minimum Gasteiger partial charge on any atom is -0.508 e. The fraction of sp³-hybridized carbons (Fsp3) is 0.381. The second-order valence-corrected chi connectivity index (χ2v) is 9.03. The molecule has 0 spiro atoms. The lowest BCUT2D eigenvalue weighted by molar-refractivity contribution is -0.155. The normalized spacial score (nSPS) is 31.5. The zero-order valence-corrected chi connectivity index (χ0v) is 18.2. The molecular weight excluding hydrogens is 460 g/mol. The van der Waals surface area contributed by atoms with Crippen LogP contribution in [0, 0.1) is 11.8 Å². The minimum atomic E-state index is -2.83. The first-order valence-corrected chi connectivity index (χ1v) is 10.2. The molecule has 0 bridgehead atoms. The van der Waals surface area contributed by atoms with Gasteiger partial charge in [0.05, 0.1) is 22.7 Å². The standard InChI is InChI=1S/C21H21ClN2O9/c1-24(2)13-6-3-5-9(18(30)21(6,33)19(31)12(17(13)29)20(23)32)16(28)11-10(14(5)26)7(22)4-8(25)15(11)27/h4-6,13-14,25-28,31,33H,3H2,1-2H3,(H2,23,32). The van der Waals surface area contributed by atoms with Gasteiger partial charge in [-0.15, -0.1) is 0 Å². The fourth-order valence-electron chi connectivity index (χ4n) is 5.29. The van der Waals surface area contributed by atoms with Gasteiger partial charge in [-0.2, -0.15) is 0 Å². The summed E-state index contributed by atoms with van der Waals surface area (Å²) in [7, 11) is 2.92. The number of phenolic OH excluding ortho intramolecular Hbond substituents is 2. The number of rotatable bonds is 2. The SMILES string of the molecule is CN(C)C1C(=O)C(C(N)=O)=C(O)C2(O)C(=O)C3=C(O)c4c(O)c(O)cc(Cl)c4C(O)C3CC12. The summed E-state index contributed by atoms with van der Waals surface area (Å²) in [6.45, 7) is 0. The molecule has 3 aliphatic carbocycles. The van der Waals surface area contributed by atoms with Gasteiger partial charge in [-0.25, -0.2) is 0 Å². The maximum Gasteiger partial charge on any atom is 0.255 e. The van der Waals surface area contributed by atoms with Crippen LogP contribution in [-0.4, -0.2) is 78.8 Å². The van der Waals surface area contributed by atoms with Crippen molar-refractivity contribution in [3.63, 3.8) is 0 Å². The van der Waals surface area contributed by atoms with Gasteiger partial charge in [-0.05, 0) is 20.5 Å². The average Bonchev–Trinajstić information content (AvgIpc) is 2.70. The highest BCUT2D eigenvalue weighted by Gasteiger charge is 2.65. The molecule has 1 fully saturated rings. The largest absolute Gasteiger partial charge is 0.508 e. The Hall–Kier alpha value is -3.12. The smallest absolute Gasteiger partial charge is 0.255 e. The molecule has 1 aromatic rings. The van der Waals surface area contributed by atoms with E-state index in [1.807, 2.05) is 0 Å². The summed E-state index contributed by atoms with van der Waals surface area (Å²) in [6, 6.07) is -0.322. The van der Waals surface area contributed by atoms with Crippen molar-refractivity contribution >= 4 is 34.8 Å². The Balaban J connectivity index is 2.04. The number of primary amides is 1. The molecule has 0 aromatic heterocycles. The number of aromatic hydroxyl groups is 2. The average molecular weight is 481 g/mol. The number of Topliss-reactive ketones (excluding diaryl/α,β-unsaturated/α-hetero) is 2. The third kappa shape index (κ3) is 2.76. The maximum atomic E-state index is 13.6. The second kappa shape index (κ2) is 7.19. The van der Waals surface area contributed by atoms with Crippen LogP contribution in [0.1, 0.15) is 23.7 Å². The molecule has 0 aliphatic heterocycles. The van der Waals surface area contributed by atoms with E-state index in [1.54, 1.807) is 0 Å². The lowest BCUT2D eigenvalue weighted by Gasteiger charge is -2.51. The summed E-state index contributed by atoms with van der Waals surface area (Å²) in [4.78, 5) is 39.8. The van der Waals surface area contributed by atoms with E-state index in [1.165, 1.54) is 19.0 Å². The van der Waals surface area contributed by atoms with Gasteiger partial charge in [-0.1, -0.05) is 11.6 Å². The first kappa shape index (κ1) is 23.1. The molecule has 1 aromatic carbocycles. The number of amides is 1. The van der Waals surface area contributed by atoms with Crippen LogP contribution in [0.15, 0.2) is 23.0 Å². The quantitative estimate of drug-likeness (QED) is 0.219. The molecule has 3 aliphatic rings. The predicted octanol–water partition coefficient (Wildman–Crippen LogP) is -0.186. The number of phenols is 2. The third-order valence-electron chi connectivity index (χ3n) is 6.74. The molecule has 8 N–H and O–H groups in total. The summed E-state index contributed by atoms with van der Waals surface area (Å²) < 4.78 is 0. The molecule has 4 rings (SSSR count). The topological polar surface area (TPSA) is 202 Å². The van der Waals surface area contributed by atoms with Crippen molar-refractivity contribution in [2.24, 2.45) is 17.6 Å². The Morgan fingerprint density at radius 3 is 2.36 bits per heavy atom. The maximum absolute atomic E-state index is 13.6. The van der Waals surface area contributed by atoms with Crippen molar-refractivity contribution in [2.45, 2.75) is 24.2 Å². The van der Waals surface area contributed by atoms with Crippen LogP contribution in [0.4, 0.5) is 0 Å². The zero-order valence-electron chi connectivity index (χ0n) is 17.4. The van der Waals surface area contributed by atoms with Crippen LogP contribution in [0.2, 0.25) is 5.02 Å². The summed E-state index contributed by atoms with van der Waals surface area (Å²) in [6.07, 6.45) is -1.88. The number of halogens is 1. The van der Waals surface area contributed by atoms with E-state index in [4.69, 9.17) is 17.3 Å². The van der Waals surface area contributed by atoms with E-state index in [2.05, 4.69) is 0 Å². The Kier molecular flexibility index (Phi) is 5.02. The zero-order chi connectivity index (χ0) is 24.7. The molecule has 33 heavy (non-hydrogen) atoms. The first-order chi connectivity index (χ1) is 15.3. The molecule has 0 radical (unpaired) electrons. The summed E-state index contributed by atoms with van der Waals surface area (Å²) in [5.74, 6) is -9.80. The van der Waals surface area contributed by atoms with E-state index >= 15 is 0 Å². The highest BCUT2D eigenvalue weighted by Crippen LogP contribution is 2.57. The van der Waals surface area contributed by atoms with Gasteiger partial charge in [0.1, 0.15) is 17.1 Å². The molecule has 0 heterocycles. The van der Waals surface area contributed by atoms with E-state index in [9.17, 15) is 45.0 Å². The number of aliphatic hydroxyl groups is 4. The molecule has 5 atom stereocenters. The van der Waals surface area contributed by atoms with Crippen molar-refractivity contribution in [3.8, 4) is 11.5 Å².